The summed E-state index contributed by atoms with van der Waals surface area (Å²) < 4.78 is 5.20. The maximum absolute atomic E-state index is 11.6. The molecule has 0 aromatic carbocycles. The van der Waals surface area contributed by atoms with Gasteiger partial charge in [-0.05, 0) is 31.5 Å². The molecule has 2 N–H and O–H groups in total. The molecule has 2 aliphatic heterocycles. The summed E-state index contributed by atoms with van der Waals surface area (Å²) in [4.78, 5) is 11.6. The third-order valence-electron chi connectivity index (χ3n) is 2.35. The molecule has 0 bridgehead atoms. The van der Waals surface area contributed by atoms with Gasteiger partial charge in [0, 0.05) is 6.20 Å². The molecule has 0 saturated carbocycles. The molecule has 0 aliphatic carbocycles. The quantitative estimate of drug-likeness (QED) is 0.656. The molecule has 0 aromatic rings. The Morgan fingerprint density at radius 3 is 3.13 bits per heavy atom. The van der Waals surface area contributed by atoms with Crippen LogP contribution >= 0.6 is 0 Å². The van der Waals surface area contributed by atoms with Crippen molar-refractivity contribution in [3.05, 3.63) is 36.4 Å². The fraction of sp³-hybridized carbons (Fsp3) is 0.364. The fourth-order valence-electron chi connectivity index (χ4n) is 1.57. The third kappa shape index (κ3) is 2.70. The van der Waals surface area contributed by atoms with E-state index in [0.717, 1.165) is 19.4 Å². The van der Waals surface area contributed by atoms with Crippen molar-refractivity contribution in [2.45, 2.75) is 18.9 Å². The second-order valence-corrected chi connectivity index (χ2v) is 3.49. The summed E-state index contributed by atoms with van der Waals surface area (Å²) >= 11 is 0. The van der Waals surface area contributed by atoms with Crippen molar-refractivity contribution in [1.29, 1.82) is 0 Å². The summed E-state index contributed by atoms with van der Waals surface area (Å²) in [6.45, 7) is 0.895. The number of esters is 1. The van der Waals surface area contributed by atoms with Crippen molar-refractivity contribution >= 4 is 5.97 Å². The highest BCUT2D eigenvalue weighted by Crippen LogP contribution is 2.09. The standard InChI is InChI=1S/C11H14N2O2/c14-11(9-5-4-8-12-9)15-10-6-2-1-3-7-13-10/h1-3,6-7,9,12-13H,4-5,8H2/t9-/m0/s1. The van der Waals surface area contributed by atoms with Gasteiger partial charge >= 0.3 is 5.97 Å². The van der Waals surface area contributed by atoms with Crippen LogP contribution in [0.5, 0.6) is 0 Å². The first-order chi connectivity index (χ1) is 7.36. The van der Waals surface area contributed by atoms with Crippen LogP contribution in [0.4, 0.5) is 0 Å². The molecule has 1 saturated heterocycles. The van der Waals surface area contributed by atoms with Gasteiger partial charge < -0.3 is 15.4 Å². The van der Waals surface area contributed by atoms with Crippen molar-refractivity contribution < 1.29 is 9.53 Å². The number of carbonyl (C=O) groups is 1. The molecule has 0 amide bonds. The number of allylic oxidation sites excluding steroid dienone is 4. The van der Waals surface area contributed by atoms with Crippen LogP contribution in [0.2, 0.25) is 0 Å². The first-order valence-electron chi connectivity index (χ1n) is 5.11. The van der Waals surface area contributed by atoms with Crippen molar-refractivity contribution in [1.82, 2.24) is 10.6 Å². The van der Waals surface area contributed by atoms with E-state index in [1.807, 2.05) is 18.2 Å². The van der Waals surface area contributed by atoms with E-state index in [9.17, 15) is 4.79 Å². The van der Waals surface area contributed by atoms with Gasteiger partial charge in [-0.3, -0.25) is 0 Å². The van der Waals surface area contributed by atoms with Crippen LogP contribution in [0.25, 0.3) is 0 Å². The average molecular weight is 206 g/mol. The molecule has 2 heterocycles. The number of hydrogen-bond acceptors (Lipinski definition) is 4. The Labute approximate surface area is 88.7 Å². The molecule has 4 heteroatoms. The van der Waals surface area contributed by atoms with Gasteiger partial charge in [-0.1, -0.05) is 12.2 Å². The van der Waals surface area contributed by atoms with Gasteiger partial charge in [0.25, 0.3) is 0 Å². The molecule has 2 rings (SSSR count). The van der Waals surface area contributed by atoms with E-state index in [4.69, 9.17) is 4.74 Å². The minimum atomic E-state index is -0.213. The Balaban J connectivity index is 1.90. The molecule has 0 spiro atoms. The van der Waals surface area contributed by atoms with Crippen molar-refractivity contribution in [3.8, 4) is 0 Å². The number of hydrogen-bond donors (Lipinski definition) is 2. The minimum absolute atomic E-state index is 0.149. The predicted octanol–water partition coefficient (Wildman–Crippen LogP) is 0.796. The van der Waals surface area contributed by atoms with Gasteiger partial charge in [-0.25, -0.2) is 4.79 Å². The second-order valence-electron chi connectivity index (χ2n) is 3.49. The largest absolute Gasteiger partial charge is 0.408 e. The SMILES string of the molecule is O=C(OC1=CC=CC=CN1)[C@@H]1CCCN1. The first-order valence-corrected chi connectivity index (χ1v) is 5.11. The summed E-state index contributed by atoms with van der Waals surface area (Å²) in [6, 6.07) is -0.149. The van der Waals surface area contributed by atoms with E-state index in [1.165, 1.54) is 0 Å². The third-order valence-corrected chi connectivity index (χ3v) is 2.35. The first kappa shape index (κ1) is 9.98. The van der Waals surface area contributed by atoms with Crippen LogP contribution in [-0.4, -0.2) is 18.6 Å². The highest BCUT2D eigenvalue weighted by molar-refractivity contribution is 5.77. The Kier molecular flexibility index (Phi) is 3.19. The topological polar surface area (TPSA) is 50.4 Å². The lowest BCUT2D eigenvalue weighted by Gasteiger charge is -2.11. The van der Waals surface area contributed by atoms with Crippen molar-refractivity contribution in [3.63, 3.8) is 0 Å². The van der Waals surface area contributed by atoms with E-state index in [0.29, 0.717) is 5.88 Å². The Hall–Kier alpha value is -1.55. The second kappa shape index (κ2) is 4.79. The predicted molar refractivity (Wildman–Crippen MR) is 56.6 cm³/mol. The van der Waals surface area contributed by atoms with Crippen LogP contribution in [0.15, 0.2) is 36.4 Å². The Bertz CT molecular complexity index is 325. The highest BCUT2D eigenvalue weighted by Gasteiger charge is 2.24. The van der Waals surface area contributed by atoms with Crippen molar-refractivity contribution in [2.75, 3.05) is 6.54 Å². The number of rotatable bonds is 2. The molecule has 15 heavy (non-hydrogen) atoms. The molecule has 2 aliphatic rings. The maximum Gasteiger partial charge on any atom is 0.329 e. The van der Waals surface area contributed by atoms with Gasteiger partial charge in [0.1, 0.15) is 6.04 Å². The molecule has 80 valence electrons. The Morgan fingerprint density at radius 1 is 1.40 bits per heavy atom. The zero-order chi connectivity index (χ0) is 10.5. The van der Waals surface area contributed by atoms with E-state index < -0.39 is 0 Å². The zero-order valence-corrected chi connectivity index (χ0v) is 8.40. The molecular formula is C11H14N2O2. The lowest BCUT2D eigenvalue weighted by atomic mass is 10.2. The van der Waals surface area contributed by atoms with Gasteiger partial charge in [0.2, 0.25) is 5.88 Å². The molecule has 0 aromatic heterocycles. The normalized spacial score (nSPS) is 24.3. The minimum Gasteiger partial charge on any atom is -0.408 e. The number of carbonyl (C=O) groups excluding carboxylic acids is 1. The van der Waals surface area contributed by atoms with Crippen LogP contribution < -0.4 is 10.6 Å². The van der Waals surface area contributed by atoms with Crippen LogP contribution in [0.1, 0.15) is 12.8 Å². The number of nitrogens with one attached hydrogen (secondary N) is 2. The van der Waals surface area contributed by atoms with E-state index in [-0.39, 0.29) is 12.0 Å². The van der Waals surface area contributed by atoms with Gasteiger partial charge in [-0.2, -0.15) is 0 Å². The number of ether oxygens (including phenoxy) is 1. The highest BCUT2D eigenvalue weighted by atomic mass is 16.5. The summed E-state index contributed by atoms with van der Waals surface area (Å²) in [5, 5.41) is 5.98. The van der Waals surface area contributed by atoms with Gasteiger partial charge in [-0.15, -0.1) is 0 Å². The van der Waals surface area contributed by atoms with Crippen molar-refractivity contribution in [2.24, 2.45) is 0 Å². The molecular weight excluding hydrogens is 192 g/mol. The maximum atomic E-state index is 11.6. The zero-order valence-electron chi connectivity index (χ0n) is 8.40. The van der Waals surface area contributed by atoms with Gasteiger partial charge in [0.15, 0.2) is 0 Å². The van der Waals surface area contributed by atoms with E-state index in [2.05, 4.69) is 10.6 Å². The lowest BCUT2D eigenvalue weighted by molar-refractivity contribution is -0.141. The molecule has 1 atom stereocenters. The fourth-order valence-corrected chi connectivity index (χ4v) is 1.57. The summed E-state index contributed by atoms with van der Waals surface area (Å²) in [5.74, 6) is 0.258. The van der Waals surface area contributed by atoms with Gasteiger partial charge in [0.05, 0.1) is 0 Å². The molecule has 4 nitrogen and oxygen atoms in total. The summed E-state index contributed by atoms with van der Waals surface area (Å²) in [6.07, 6.45) is 10.9. The summed E-state index contributed by atoms with van der Waals surface area (Å²) in [7, 11) is 0. The lowest BCUT2D eigenvalue weighted by Crippen LogP contribution is -2.33. The van der Waals surface area contributed by atoms with E-state index >= 15 is 0 Å². The van der Waals surface area contributed by atoms with Crippen LogP contribution in [0.3, 0.4) is 0 Å². The molecule has 0 radical (unpaired) electrons. The molecule has 0 unspecified atom stereocenters. The van der Waals surface area contributed by atoms with Crippen LogP contribution in [0, 0.1) is 0 Å². The smallest absolute Gasteiger partial charge is 0.329 e. The molecule has 1 fully saturated rings. The average Bonchev–Trinajstić information content (AvgIpc) is 2.65. The van der Waals surface area contributed by atoms with E-state index in [1.54, 1.807) is 12.3 Å². The summed E-state index contributed by atoms with van der Waals surface area (Å²) in [5.41, 5.74) is 0. The Morgan fingerprint density at radius 2 is 2.33 bits per heavy atom. The monoisotopic (exact) mass is 206 g/mol. The van der Waals surface area contributed by atoms with Crippen LogP contribution in [-0.2, 0) is 9.53 Å².